The third kappa shape index (κ3) is 3.28. The van der Waals surface area contributed by atoms with E-state index in [1.54, 1.807) is 38.6 Å². The molecule has 0 unspecified atom stereocenters. The van der Waals surface area contributed by atoms with E-state index in [2.05, 4.69) is 24.3 Å². The Labute approximate surface area is 163 Å². The van der Waals surface area contributed by atoms with Crippen molar-refractivity contribution in [3.05, 3.63) is 41.7 Å². The number of nitrogens with one attached hydrogen (secondary N) is 1. The number of amides is 1. The van der Waals surface area contributed by atoms with Gasteiger partial charge < -0.3 is 14.8 Å². The number of pyridine rings is 1. The van der Waals surface area contributed by atoms with Crippen molar-refractivity contribution in [2.24, 2.45) is 0 Å². The SMILES string of the molecule is COc1ccc(OC)c(NC(=O)c2cc(C3CC3)nc3c2cnn3C(C)C)c1. The zero-order valence-corrected chi connectivity index (χ0v) is 16.5. The number of methoxy groups -OCH3 is 2. The van der Waals surface area contributed by atoms with Gasteiger partial charge in [0.15, 0.2) is 5.65 Å². The number of ether oxygens (including phenoxy) is 2. The van der Waals surface area contributed by atoms with Gasteiger partial charge in [0.25, 0.3) is 5.91 Å². The van der Waals surface area contributed by atoms with E-state index in [0.717, 1.165) is 29.6 Å². The van der Waals surface area contributed by atoms with Crippen molar-refractivity contribution in [3.63, 3.8) is 0 Å². The summed E-state index contributed by atoms with van der Waals surface area (Å²) >= 11 is 0. The van der Waals surface area contributed by atoms with Crippen LogP contribution >= 0.6 is 0 Å². The first-order chi connectivity index (χ1) is 13.5. The van der Waals surface area contributed by atoms with Gasteiger partial charge in [-0.25, -0.2) is 9.67 Å². The first-order valence-corrected chi connectivity index (χ1v) is 9.43. The van der Waals surface area contributed by atoms with Crippen LogP contribution in [-0.2, 0) is 0 Å². The maximum Gasteiger partial charge on any atom is 0.256 e. The quantitative estimate of drug-likeness (QED) is 0.695. The number of carbonyl (C=O) groups is 1. The molecule has 1 aromatic carbocycles. The van der Waals surface area contributed by atoms with Gasteiger partial charge in [0, 0.05) is 23.7 Å². The molecule has 0 saturated heterocycles. The molecule has 0 radical (unpaired) electrons. The summed E-state index contributed by atoms with van der Waals surface area (Å²) in [4.78, 5) is 18.0. The third-order valence-corrected chi connectivity index (χ3v) is 4.97. The molecule has 2 aromatic heterocycles. The fourth-order valence-electron chi connectivity index (χ4n) is 3.29. The van der Waals surface area contributed by atoms with Crippen LogP contribution in [0.4, 0.5) is 5.69 Å². The first-order valence-electron chi connectivity index (χ1n) is 9.43. The van der Waals surface area contributed by atoms with Gasteiger partial charge in [-0.05, 0) is 44.9 Å². The molecule has 0 atom stereocenters. The van der Waals surface area contributed by atoms with Gasteiger partial charge in [-0.3, -0.25) is 4.79 Å². The Hall–Kier alpha value is -3.09. The summed E-state index contributed by atoms with van der Waals surface area (Å²) in [5, 5.41) is 8.16. The molecule has 0 aliphatic heterocycles. The Bertz CT molecular complexity index is 1040. The Morgan fingerprint density at radius 2 is 2.00 bits per heavy atom. The number of aromatic nitrogens is 3. The minimum atomic E-state index is -0.218. The van der Waals surface area contributed by atoms with Crippen molar-refractivity contribution in [2.45, 2.75) is 38.6 Å². The standard InChI is InChI=1S/C21H24N4O3/c1-12(2)25-20-16(11-22-25)15(10-17(23-20)13-5-6-13)21(26)24-18-9-14(27-3)7-8-19(18)28-4/h7-13H,5-6H2,1-4H3,(H,24,26). The second-order valence-electron chi connectivity index (χ2n) is 7.31. The highest BCUT2D eigenvalue weighted by atomic mass is 16.5. The molecular formula is C21H24N4O3. The van der Waals surface area contributed by atoms with Crippen molar-refractivity contribution in [3.8, 4) is 11.5 Å². The lowest BCUT2D eigenvalue weighted by Gasteiger charge is -2.13. The highest BCUT2D eigenvalue weighted by Crippen LogP contribution is 2.40. The second kappa shape index (κ2) is 7.14. The lowest BCUT2D eigenvalue weighted by atomic mass is 10.1. The third-order valence-electron chi connectivity index (χ3n) is 4.97. The zero-order valence-electron chi connectivity index (χ0n) is 16.5. The zero-order chi connectivity index (χ0) is 19.8. The Morgan fingerprint density at radius 1 is 1.21 bits per heavy atom. The van der Waals surface area contributed by atoms with E-state index in [-0.39, 0.29) is 11.9 Å². The van der Waals surface area contributed by atoms with Crippen molar-refractivity contribution < 1.29 is 14.3 Å². The number of hydrogen-bond donors (Lipinski definition) is 1. The maximum absolute atomic E-state index is 13.2. The van der Waals surface area contributed by atoms with Crippen molar-refractivity contribution in [2.75, 3.05) is 19.5 Å². The Morgan fingerprint density at radius 3 is 2.64 bits per heavy atom. The number of fused-ring (bicyclic) bond motifs is 1. The van der Waals surface area contributed by atoms with Gasteiger partial charge in [0.1, 0.15) is 11.5 Å². The number of nitrogens with zero attached hydrogens (tertiary/aromatic N) is 3. The van der Waals surface area contributed by atoms with E-state index in [1.807, 2.05) is 10.7 Å². The van der Waals surface area contributed by atoms with E-state index in [4.69, 9.17) is 14.5 Å². The molecule has 1 saturated carbocycles. The smallest absolute Gasteiger partial charge is 0.256 e. The molecule has 1 fully saturated rings. The van der Waals surface area contributed by atoms with E-state index >= 15 is 0 Å². The number of hydrogen-bond acceptors (Lipinski definition) is 5. The van der Waals surface area contributed by atoms with Gasteiger partial charge in [0.2, 0.25) is 0 Å². The highest BCUT2D eigenvalue weighted by Gasteiger charge is 2.28. The van der Waals surface area contributed by atoms with Crippen LogP contribution in [0, 0.1) is 0 Å². The van der Waals surface area contributed by atoms with Crippen LogP contribution in [-0.4, -0.2) is 34.9 Å². The monoisotopic (exact) mass is 380 g/mol. The van der Waals surface area contributed by atoms with Crippen LogP contribution < -0.4 is 14.8 Å². The summed E-state index contributed by atoms with van der Waals surface area (Å²) in [5.74, 6) is 1.42. The summed E-state index contributed by atoms with van der Waals surface area (Å²) in [6, 6.07) is 7.36. The summed E-state index contributed by atoms with van der Waals surface area (Å²) in [7, 11) is 3.15. The fourth-order valence-corrected chi connectivity index (χ4v) is 3.29. The molecule has 0 spiro atoms. The molecule has 7 nitrogen and oxygen atoms in total. The number of anilines is 1. The van der Waals surface area contributed by atoms with Crippen LogP contribution in [0.2, 0.25) is 0 Å². The molecule has 146 valence electrons. The molecule has 1 amide bonds. The highest BCUT2D eigenvalue weighted by molar-refractivity contribution is 6.12. The summed E-state index contributed by atoms with van der Waals surface area (Å²) in [5.41, 5.74) is 2.84. The molecule has 1 aliphatic rings. The van der Waals surface area contributed by atoms with Crippen molar-refractivity contribution >= 4 is 22.6 Å². The number of benzene rings is 1. The first kappa shape index (κ1) is 18.3. The van der Waals surface area contributed by atoms with Gasteiger partial charge in [-0.1, -0.05) is 0 Å². The molecule has 28 heavy (non-hydrogen) atoms. The normalized spacial score (nSPS) is 13.8. The summed E-state index contributed by atoms with van der Waals surface area (Å²) in [6.45, 7) is 4.11. The lowest BCUT2D eigenvalue weighted by molar-refractivity contribution is 0.102. The van der Waals surface area contributed by atoms with Gasteiger partial charge in [-0.2, -0.15) is 5.10 Å². The van der Waals surface area contributed by atoms with Gasteiger partial charge in [-0.15, -0.1) is 0 Å². The summed E-state index contributed by atoms with van der Waals surface area (Å²) in [6.07, 6.45) is 3.94. The van der Waals surface area contributed by atoms with Crippen molar-refractivity contribution in [1.82, 2.24) is 14.8 Å². The van der Waals surface area contributed by atoms with E-state index in [1.165, 1.54) is 0 Å². The minimum Gasteiger partial charge on any atom is -0.497 e. The fraction of sp³-hybridized carbons (Fsp3) is 0.381. The molecule has 0 bridgehead atoms. The van der Waals surface area contributed by atoms with E-state index in [9.17, 15) is 4.79 Å². The van der Waals surface area contributed by atoms with Crippen LogP contribution in [0.1, 0.15) is 54.7 Å². The van der Waals surface area contributed by atoms with Gasteiger partial charge in [0.05, 0.1) is 37.1 Å². The van der Waals surface area contributed by atoms with Crippen LogP contribution in [0.3, 0.4) is 0 Å². The van der Waals surface area contributed by atoms with Gasteiger partial charge >= 0.3 is 0 Å². The summed E-state index contributed by atoms with van der Waals surface area (Å²) < 4.78 is 12.5. The van der Waals surface area contributed by atoms with E-state index in [0.29, 0.717) is 28.7 Å². The maximum atomic E-state index is 13.2. The molecule has 1 aliphatic carbocycles. The topological polar surface area (TPSA) is 78.3 Å². The molecule has 2 heterocycles. The average molecular weight is 380 g/mol. The average Bonchev–Trinajstić information content (AvgIpc) is 3.45. The number of carbonyl (C=O) groups excluding carboxylic acids is 1. The molecule has 4 rings (SSSR count). The predicted molar refractivity (Wildman–Crippen MR) is 107 cm³/mol. The van der Waals surface area contributed by atoms with Crippen molar-refractivity contribution in [1.29, 1.82) is 0 Å². The number of rotatable bonds is 6. The largest absolute Gasteiger partial charge is 0.497 e. The van der Waals surface area contributed by atoms with Crippen LogP contribution in [0.25, 0.3) is 11.0 Å². The molecular weight excluding hydrogens is 356 g/mol. The van der Waals surface area contributed by atoms with Crippen LogP contribution in [0.15, 0.2) is 30.5 Å². The molecule has 1 N–H and O–H groups in total. The predicted octanol–water partition coefficient (Wildman–Crippen LogP) is 4.16. The van der Waals surface area contributed by atoms with E-state index < -0.39 is 0 Å². The Kier molecular flexibility index (Phi) is 4.66. The van der Waals surface area contributed by atoms with Crippen LogP contribution in [0.5, 0.6) is 11.5 Å². The second-order valence-corrected chi connectivity index (χ2v) is 7.31. The minimum absolute atomic E-state index is 0.161. The lowest BCUT2D eigenvalue weighted by Crippen LogP contribution is -2.14. The molecule has 3 aromatic rings. The molecule has 7 heteroatoms. The Balaban J connectivity index is 1.77.